The standard InChI is InChI=1S/C48H80O15/c1-23-31(51)35(55)39(63-40-36(56)34(54)33(53)27(21-49)60-40)42(59-23)62-38-32(52)24(2)58-41(37(38)57)61-30-13-14-45(7)28(44(30,5)6)12-15-47(9)29(45)11-10-25-26-20-43(3,4)16-18-48(26,22-50)19-17-46(25,47)8/h10,23-24,26-42,49-57H,11-22H2,1-9H3/t23-,24+,26+,27+,28+,29+,30-,31-,32+,33+,34-,35+,36+,37+,38-,39+,40+,41-,42+,45-,46+,47+,48+/m0/s1. The fourth-order valence-electron chi connectivity index (χ4n) is 15.0. The number of aliphatic hydroxyl groups excluding tert-OH is 9. The second-order valence-electron chi connectivity index (χ2n) is 23.5. The molecule has 23 atom stereocenters. The molecule has 0 bridgehead atoms. The van der Waals surface area contributed by atoms with Crippen molar-refractivity contribution in [3.8, 4) is 0 Å². The lowest BCUT2D eigenvalue weighted by atomic mass is 9.33. The molecule has 0 unspecified atom stereocenters. The van der Waals surface area contributed by atoms with Crippen LogP contribution in [0.4, 0.5) is 0 Å². The molecular weight excluding hydrogens is 817 g/mol. The zero-order valence-corrected chi connectivity index (χ0v) is 39.0. The van der Waals surface area contributed by atoms with Crippen molar-refractivity contribution >= 4 is 0 Å². The van der Waals surface area contributed by atoms with Gasteiger partial charge in [0.25, 0.3) is 0 Å². The summed E-state index contributed by atoms with van der Waals surface area (Å²) >= 11 is 0. The van der Waals surface area contributed by atoms with Crippen molar-refractivity contribution < 1.29 is 74.4 Å². The van der Waals surface area contributed by atoms with Gasteiger partial charge in [0.2, 0.25) is 0 Å². The Balaban J connectivity index is 0.994. The molecule has 362 valence electrons. The highest BCUT2D eigenvalue weighted by Gasteiger charge is 2.69. The molecule has 0 aromatic carbocycles. The Morgan fingerprint density at radius 3 is 1.92 bits per heavy atom. The van der Waals surface area contributed by atoms with Crippen LogP contribution < -0.4 is 0 Å². The van der Waals surface area contributed by atoms with Crippen molar-refractivity contribution in [3.63, 3.8) is 0 Å². The molecule has 15 nitrogen and oxygen atoms in total. The summed E-state index contributed by atoms with van der Waals surface area (Å²) in [5.74, 6) is 1.19. The van der Waals surface area contributed by atoms with Gasteiger partial charge in [0.1, 0.15) is 61.0 Å². The van der Waals surface area contributed by atoms with Gasteiger partial charge in [-0.05, 0) is 123 Å². The molecule has 0 amide bonds. The van der Waals surface area contributed by atoms with Crippen LogP contribution in [0.1, 0.15) is 127 Å². The Labute approximate surface area is 373 Å². The van der Waals surface area contributed by atoms with E-state index in [1.54, 1.807) is 12.5 Å². The molecule has 15 heteroatoms. The summed E-state index contributed by atoms with van der Waals surface area (Å²) in [5, 5.41) is 97.4. The normalized spacial score (nSPS) is 55.4. The molecule has 9 N–H and O–H groups in total. The van der Waals surface area contributed by atoms with Gasteiger partial charge in [0, 0.05) is 12.0 Å². The van der Waals surface area contributed by atoms with Crippen molar-refractivity contribution in [2.24, 2.45) is 50.2 Å². The summed E-state index contributed by atoms with van der Waals surface area (Å²) in [7, 11) is 0. The first-order chi connectivity index (χ1) is 29.4. The predicted octanol–water partition coefficient (Wildman–Crippen LogP) is 2.67. The first-order valence-electron chi connectivity index (χ1n) is 24.0. The monoisotopic (exact) mass is 897 g/mol. The van der Waals surface area contributed by atoms with E-state index in [2.05, 4.69) is 54.5 Å². The molecule has 0 aromatic heterocycles. The average Bonchev–Trinajstić information content (AvgIpc) is 3.22. The van der Waals surface area contributed by atoms with Crippen LogP contribution >= 0.6 is 0 Å². The Hall–Kier alpha value is -0.860. The molecule has 8 rings (SSSR count). The lowest BCUT2D eigenvalue weighted by Crippen LogP contribution is -2.67. The summed E-state index contributed by atoms with van der Waals surface area (Å²) in [6, 6.07) is 0. The van der Waals surface area contributed by atoms with Gasteiger partial charge in [-0.15, -0.1) is 0 Å². The number of ether oxygens (including phenoxy) is 6. The van der Waals surface area contributed by atoms with Crippen molar-refractivity contribution in [1.82, 2.24) is 0 Å². The van der Waals surface area contributed by atoms with Crippen LogP contribution in [0.2, 0.25) is 0 Å². The third kappa shape index (κ3) is 7.65. The first-order valence-corrected chi connectivity index (χ1v) is 24.0. The Morgan fingerprint density at radius 1 is 0.603 bits per heavy atom. The molecular formula is C48H80O15. The number of allylic oxidation sites excluding steroid dienone is 2. The quantitative estimate of drug-likeness (QED) is 0.126. The Kier molecular flexibility index (Phi) is 13.1. The van der Waals surface area contributed by atoms with E-state index < -0.39 is 98.7 Å². The van der Waals surface area contributed by atoms with Gasteiger partial charge in [-0.2, -0.15) is 0 Å². The summed E-state index contributed by atoms with van der Waals surface area (Å²) in [6.45, 7) is 19.7. The van der Waals surface area contributed by atoms with Crippen LogP contribution in [0.5, 0.6) is 0 Å². The topological polar surface area (TPSA) is 237 Å². The van der Waals surface area contributed by atoms with Crippen LogP contribution in [0.15, 0.2) is 11.6 Å². The number of rotatable bonds is 8. The molecule has 7 fully saturated rings. The zero-order chi connectivity index (χ0) is 46.0. The average molecular weight is 897 g/mol. The molecule has 3 saturated heterocycles. The largest absolute Gasteiger partial charge is 0.396 e. The fourth-order valence-corrected chi connectivity index (χ4v) is 15.0. The molecule has 63 heavy (non-hydrogen) atoms. The lowest BCUT2D eigenvalue weighted by Gasteiger charge is -2.71. The van der Waals surface area contributed by atoms with E-state index in [4.69, 9.17) is 28.4 Å². The maximum Gasteiger partial charge on any atom is 0.187 e. The minimum atomic E-state index is -1.82. The minimum Gasteiger partial charge on any atom is -0.396 e. The van der Waals surface area contributed by atoms with Gasteiger partial charge in [0.15, 0.2) is 18.9 Å². The Bertz CT molecular complexity index is 1670. The van der Waals surface area contributed by atoms with E-state index in [0.29, 0.717) is 17.8 Å². The number of fused-ring (bicyclic) bond motifs is 7. The summed E-state index contributed by atoms with van der Waals surface area (Å²) in [6.07, 6.45) is -9.18. The Morgan fingerprint density at radius 2 is 1.24 bits per heavy atom. The third-order valence-electron chi connectivity index (χ3n) is 19.4. The second kappa shape index (κ2) is 17.0. The van der Waals surface area contributed by atoms with Gasteiger partial charge in [-0.25, -0.2) is 0 Å². The molecule has 8 aliphatic rings. The van der Waals surface area contributed by atoms with Crippen molar-refractivity contribution in [1.29, 1.82) is 0 Å². The van der Waals surface area contributed by atoms with Crippen molar-refractivity contribution in [3.05, 3.63) is 11.6 Å². The summed E-state index contributed by atoms with van der Waals surface area (Å²) in [4.78, 5) is 0. The van der Waals surface area contributed by atoms with Gasteiger partial charge < -0.3 is 74.4 Å². The maximum atomic E-state index is 12.0. The molecule has 0 aromatic rings. The maximum absolute atomic E-state index is 12.0. The van der Waals surface area contributed by atoms with E-state index in [9.17, 15) is 46.0 Å². The molecule has 5 aliphatic carbocycles. The highest BCUT2D eigenvalue weighted by atomic mass is 16.8. The smallest absolute Gasteiger partial charge is 0.187 e. The third-order valence-corrected chi connectivity index (χ3v) is 19.4. The summed E-state index contributed by atoms with van der Waals surface area (Å²) in [5.41, 5.74) is 1.72. The van der Waals surface area contributed by atoms with Crippen LogP contribution in [0, 0.1) is 50.2 Å². The molecule has 4 saturated carbocycles. The van der Waals surface area contributed by atoms with Crippen LogP contribution in [0.25, 0.3) is 0 Å². The highest BCUT2D eigenvalue weighted by Crippen LogP contribution is 2.76. The highest BCUT2D eigenvalue weighted by molar-refractivity contribution is 5.34. The molecule has 3 heterocycles. The first kappa shape index (κ1) is 48.6. The van der Waals surface area contributed by atoms with Gasteiger partial charge in [0.05, 0.1) is 24.9 Å². The fraction of sp³-hybridized carbons (Fsp3) is 0.958. The van der Waals surface area contributed by atoms with E-state index >= 15 is 0 Å². The van der Waals surface area contributed by atoms with E-state index in [-0.39, 0.29) is 45.2 Å². The van der Waals surface area contributed by atoms with Crippen molar-refractivity contribution in [2.75, 3.05) is 13.2 Å². The van der Waals surface area contributed by atoms with E-state index in [0.717, 1.165) is 64.2 Å². The number of hydrogen-bond donors (Lipinski definition) is 9. The van der Waals surface area contributed by atoms with E-state index in [1.807, 2.05) is 0 Å². The van der Waals surface area contributed by atoms with Crippen molar-refractivity contribution in [2.45, 2.75) is 225 Å². The number of aliphatic hydroxyl groups is 9. The van der Waals surface area contributed by atoms with Gasteiger partial charge in [-0.3, -0.25) is 0 Å². The van der Waals surface area contributed by atoms with E-state index in [1.165, 1.54) is 6.92 Å². The minimum absolute atomic E-state index is 0.0129. The van der Waals surface area contributed by atoms with Crippen LogP contribution in [0.3, 0.4) is 0 Å². The second-order valence-corrected chi connectivity index (χ2v) is 23.5. The van der Waals surface area contributed by atoms with Gasteiger partial charge in [-0.1, -0.05) is 60.1 Å². The van der Waals surface area contributed by atoms with Crippen LogP contribution in [-0.4, -0.2) is 157 Å². The summed E-state index contributed by atoms with van der Waals surface area (Å²) < 4.78 is 36.6. The SMILES string of the molecule is C[C@@H]1O[C@H](O[C@@H]2[C@@H](O)[C@H](O[C@H]3CC[C@@]4(C)[C@H](CC[C@]5(C)[C@@H]4CC=C4[C@H]6CC(C)(C)CC[C@]6(CO)CC[C@]45C)C3(C)C)O[C@H](C)[C@H]2O)[C@H](O[C@H]2O[C@H](CO)[C@@H](O)[C@H](O)[C@H]2O)[C@H](O)[C@H]1O. The predicted molar refractivity (Wildman–Crippen MR) is 227 cm³/mol. The van der Waals surface area contributed by atoms with Crippen LogP contribution in [-0.2, 0) is 28.4 Å². The molecule has 3 aliphatic heterocycles. The van der Waals surface area contributed by atoms with Gasteiger partial charge >= 0.3 is 0 Å². The number of hydrogen-bond acceptors (Lipinski definition) is 15. The molecule has 0 spiro atoms. The lowest BCUT2D eigenvalue weighted by molar-refractivity contribution is -0.389. The zero-order valence-electron chi connectivity index (χ0n) is 39.0. The molecule has 0 radical (unpaired) electrons.